The van der Waals surface area contributed by atoms with Crippen molar-refractivity contribution in [2.45, 2.75) is 83.8 Å². The van der Waals surface area contributed by atoms with Crippen molar-refractivity contribution < 1.29 is 5.11 Å². The molecule has 2 unspecified atom stereocenters. The summed E-state index contributed by atoms with van der Waals surface area (Å²) in [4.78, 5) is 2.75. The van der Waals surface area contributed by atoms with E-state index in [1.165, 1.54) is 64.5 Å². The lowest BCUT2D eigenvalue weighted by Crippen LogP contribution is -2.36. The zero-order valence-corrected chi connectivity index (χ0v) is 13.0. The highest BCUT2D eigenvalue weighted by Gasteiger charge is 2.27. The first-order valence-corrected chi connectivity index (χ1v) is 8.59. The van der Waals surface area contributed by atoms with Crippen LogP contribution in [0.4, 0.5) is 0 Å². The minimum absolute atomic E-state index is 0.00414. The SMILES string of the molecule is CC(C)CCN(CCC1CCCC1O)C1CCCC1. The second-order valence-corrected chi connectivity index (χ2v) is 7.20. The average Bonchev–Trinajstić information content (AvgIpc) is 3.01. The number of rotatable bonds is 7. The third kappa shape index (κ3) is 4.75. The molecule has 0 aromatic carbocycles. The first kappa shape index (κ1) is 15.3. The van der Waals surface area contributed by atoms with Crippen molar-refractivity contribution in [1.29, 1.82) is 0 Å². The highest BCUT2D eigenvalue weighted by Crippen LogP contribution is 2.30. The van der Waals surface area contributed by atoms with Crippen molar-refractivity contribution in [1.82, 2.24) is 4.90 Å². The van der Waals surface area contributed by atoms with E-state index in [4.69, 9.17) is 0 Å². The van der Waals surface area contributed by atoms with Gasteiger partial charge >= 0.3 is 0 Å². The lowest BCUT2D eigenvalue weighted by molar-refractivity contribution is 0.108. The lowest BCUT2D eigenvalue weighted by Gasteiger charge is -2.31. The van der Waals surface area contributed by atoms with Gasteiger partial charge in [-0.2, -0.15) is 0 Å². The van der Waals surface area contributed by atoms with Gasteiger partial charge in [0.2, 0.25) is 0 Å². The number of hydrogen-bond acceptors (Lipinski definition) is 2. The van der Waals surface area contributed by atoms with E-state index in [-0.39, 0.29) is 6.10 Å². The number of hydrogen-bond donors (Lipinski definition) is 1. The normalized spacial score (nSPS) is 28.9. The fraction of sp³-hybridized carbons (Fsp3) is 1.00. The van der Waals surface area contributed by atoms with Crippen molar-refractivity contribution in [3.63, 3.8) is 0 Å². The van der Waals surface area contributed by atoms with Crippen LogP contribution in [0.15, 0.2) is 0 Å². The van der Waals surface area contributed by atoms with Crippen molar-refractivity contribution in [2.75, 3.05) is 13.1 Å². The van der Waals surface area contributed by atoms with Crippen LogP contribution in [0, 0.1) is 11.8 Å². The van der Waals surface area contributed by atoms with Crippen LogP contribution in [0.2, 0.25) is 0 Å². The van der Waals surface area contributed by atoms with Gasteiger partial charge in [-0.05, 0) is 63.5 Å². The fourth-order valence-corrected chi connectivity index (χ4v) is 3.86. The molecule has 2 saturated carbocycles. The Labute approximate surface area is 119 Å². The lowest BCUT2D eigenvalue weighted by atomic mass is 10.0. The van der Waals surface area contributed by atoms with E-state index in [9.17, 15) is 5.11 Å². The van der Waals surface area contributed by atoms with Crippen molar-refractivity contribution in [2.24, 2.45) is 11.8 Å². The molecule has 0 saturated heterocycles. The Hall–Kier alpha value is -0.0800. The van der Waals surface area contributed by atoms with Crippen LogP contribution in [-0.4, -0.2) is 35.2 Å². The predicted molar refractivity (Wildman–Crippen MR) is 81.2 cm³/mol. The molecule has 2 heteroatoms. The van der Waals surface area contributed by atoms with Gasteiger partial charge in [0, 0.05) is 6.04 Å². The van der Waals surface area contributed by atoms with Gasteiger partial charge in [-0.1, -0.05) is 33.1 Å². The largest absolute Gasteiger partial charge is 0.393 e. The topological polar surface area (TPSA) is 23.5 Å². The smallest absolute Gasteiger partial charge is 0.0568 e. The molecule has 0 aromatic heterocycles. The van der Waals surface area contributed by atoms with E-state index in [0.29, 0.717) is 5.92 Å². The molecule has 112 valence electrons. The summed E-state index contributed by atoms with van der Waals surface area (Å²) < 4.78 is 0. The van der Waals surface area contributed by atoms with Crippen molar-refractivity contribution >= 4 is 0 Å². The number of aliphatic hydroxyl groups excluding tert-OH is 1. The van der Waals surface area contributed by atoms with Gasteiger partial charge in [-0.15, -0.1) is 0 Å². The van der Waals surface area contributed by atoms with Gasteiger partial charge in [0.25, 0.3) is 0 Å². The third-order valence-electron chi connectivity index (χ3n) is 5.24. The summed E-state index contributed by atoms with van der Waals surface area (Å²) in [5.74, 6) is 1.39. The highest BCUT2D eigenvalue weighted by molar-refractivity contribution is 4.81. The molecule has 0 aromatic rings. The minimum atomic E-state index is -0.00414. The highest BCUT2D eigenvalue weighted by atomic mass is 16.3. The van der Waals surface area contributed by atoms with Gasteiger partial charge in [0.05, 0.1) is 6.10 Å². The van der Waals surface area contributed by atoms with Crippen LogP contribution < -0.4 is 0 Å². The third-order valence-corrected chi connectivity index (χ3v) is 5.24. The molecule has 19 heavy (non-hydrogen) atoms. The molecule has 2 aliphatic carbocycles. The van der Waals surface area contributed by atoms with Crippen LogP contribution in [0.3, 0.4) is 0 Å². The maximum Gasteiger partial charge on any atom is 0.0568 e. The van der Waals surface area contributed by atoms with Crippen LogP contribution in [0.25, 0.3) is 0 Å². The van der Waals surface area contributed by atoms with Crippen LogP contribution >= 0.6 is 0 Å². The van der Waals surface area contributed by atoms with Gasteiger partial charge in [-0.25, -0.2) is 0 Å². The summed E-state index contributed by atoms with van der Waals surface area (Å²) in [7, 11) is 0. The average molecular weight is 267 g/mol. The zero-order valence-electron chi connectivity index (χ0n) is 13.0. The monoisotopic (exact) mass is 267 g/mol. The summed E-state index contributed by atoms with van der Waals surface area (Å²) in [6.07, 6.45) is 11.7. The van der Waals surface area contributed by atoms with Crippen LogP contribution in [0.1, 0.15) is 71.6 Å². The summed E-state index contributed by atoms with van der Waals surface area (Å²) in [6.45, 7) is 7.14. The van der Waals surface area contributed by atoms with E-state index in [2.05, 4.69) is 18.7 Å². The maximum absolute atomic E-state index is 9.97. The summed E-state index contributed by atoms with van der Waals surface area (Å²) >= 11 is 0. The van der Waals surface area contributed by atoms with Gasteiger partial charge in [0.15, 0.2) is 0 Å². The molecule has 2 fully saturated rings. The molecule has 0 heterocycles. The number of nitrogens with zero attached hydrogens (tertiary/aromatic N) is 1. The summed E-state index contributed by atoms with van der Waals surface area (Å²) in [5.41, 5.74) is 0. The summed E-state index contributed by atoms with van der Waals surface area (Å²) in [5, 5.41) is 9.97. The first-order chi connectivity index (χ1) is 9.16. The van der Waals surface area contributed by atoms with Crippen molar-refractivity contribution in [3.8, 4) is 0 Å². The molecular formula is C17H33NO. The molecule has 2 aliphatic rings. The van der Waals surface area contributed by atoms with Crippen molar-refractivity contribution in [3.05, 3.63) is 0 Å². The van der Waals surface area contributed by atoms with E-state index in [0.717, 1.165) is 18.4 Å². The predicted octanol–water partition coefficient (Wildman–Crippen LogP) is 3.83. The molecule has 0 radical (unpaired) electrons. The second-order valence-electron chi connectivity index (χ2n) is 7.20. The molecule has 2 nitrogen and oxygen atoms in total. The minimum Gasteiger partial charge on any atom is -0.393 e. The fourth-order valence-electron chi connectivity index (χ4n) is 3.86. The Morgan fingerprint density at radius 3 is 2.32 bits per heavy atom. The Kier molecular flexibility index (Phi) is 6.15. The molecule has 2 rings (SSSR count). The van der Waals surface area contributed by atoms with Gasteiger partial charge < -0.3 is 10.0 Å². The van der Waals surface area contributed by atoms with E-state index < -0.39 is 0 Å². The molecule has 0 amide bonds. The van der Waals surface area contributed by atoms with Crippen LogP contribution in [-0.2, 0) is 0 Å². The molecule has 0 aliphatic heterocycles. The first-order valence-electron chi connectivity index (χ1n) is 8.59. The molecule has 1 N–H and O–H groups in total. The van der Waals surface area contributed by atoms with E-state index >= 15 is 0 Å². The second kappa shape index (κ2) is 7.64. The summed E-state index contributed by atoms with van der Waals surface area (Å²) in [6, 6.07) is 0.845. The number of aliphatic hydroxyl groups is 1. The Morgan fingerprint density at radius 2 is 1.74 bits per heavy atom. The molecule has 0 spiro atoms. The van der Waals surface area contributed by atoms with Crippen LogP contribution in [0.5, 0.6) is 0 Å². The maximum atomic E-state index is 9.97. The molecular weight excluding hydrogens is 234 g/mol. The molecule has 2 atom stereocenters. The Balaban J connectivity index is 1.78. The Bertz CT molecular complexity index is 248. The quantitative estimate of drug-likeness (QED) is 0.758. The standard InChI is InChI=1S/C17H33NO/c1-14(2)10-12-18(16-7-3-4-8-16)13-11-15-6-5-9-17(15)19/h14-17,19H,3-13H2,1-2H3. The van der Waals surface area contributed by atoms with Gasteiger partial charge in [0.1, 0.15) is 0 Å². The van der Waals surface area contributed by atoms with Gasteiger partial charge in [-0.3, -0.25) is 0 Å². The zero-order chi connectivity index (χ0) is 13.7. The van der Waals surface area contributed by atoms with E-state index in [1.807, 2.05) is 0 Å². The molecule has 0 bridgehead atoms. The van der Waals surface area contributed by atoms with E-state index in [1.54, 1.807) is 0 Å². The Morgan fingerprint density at radius 1 is 1.00 bits per heavy atom.